The second-order valence-electron chi connectivity index (χ2n) is 2.83. The molecule has 0 unspecified atom stereocenters. The van der Waals surface area contributed by atoms with Crippen LogP contribution in [-0.2, 0) is 4.79 Å². The molecule has 4 nitrogen and oxygen atoms in total. The number of nitrogens with one attached hydrogen (secondary N) is 2. The van der Waals surface area contributed by atoms with Gasteiger partial charge in [0, 0.05) is 17.8 Å². The maximum absolute atomic E-state index is 11.2. The first-order chi connectivity index (χ1) is 5.61. The van der Waals surface area contributed by atoms with E-state index >= 15 is 0 Å². The van der Waals surface area contributed by atoms with Crippen molar-refractivity contribution in [1.82, 2.24) is 10.7 Å². The second kappa shape index (κ2) is 5.60. The van der Waals surface area contributed by atoms with Gasteiger partial charge in [-0.05, 0) is 6.42 Å². The van der Waals surface area contributed by atoms with E-state index < -0.39 is 0 Å². The first-order valence-electron chi connectivity index (χ1n) is 4.07. The molecule has 0 atom stereocenters. The maximum Gasteiger partial charge on any atom is 0.226 e. The van der Waals surface area contributed by atoms with Gasteiger partial charge in [-0.25, -0.2) is 0 Å². The molecule has 0 rings (SSSR count). The fourth-order valence-corrected chi connectivity index (χ4v) is 0.630. The molecule has 0 aliphatic heterocycles. The van der Waals surface area contributed by atoms with Crippen molar-refractivity contribution in [3.05, 3.63) is 11.9 Å². The monoisotopic (exact) mass is 171 g/mol. The predicted octanol–water partition coefficient (Wildman–Crippen LogP) is 0.473. The van der Waals surface area contributed by atoms with E-state index in [1.54, 1.807) is 6.20 Å². The van der Waals surface area contributed by atoms with Gasteiger partial charge in [0.2, 0.25) is 5.91 Å². The van der Waals surface area contributed by atoms with Crippen molar-refractivity contribution in [3.8, 4) is 0 Å². The van der Waals surface area contributed by atoms with Crippen LogP contribution >= 0.6 is 0 Å². The number of amides is 1. The van der Waals surface area contributed by atoms with Crippen LogP contribution in [0.2, 0.25) is 0 Å². The normalized spacial score (nSPS) is 11.6. The average Bonchev–Trinajstić information content (AvgIpc) is 2.03. The van der Waals surface area contributed by atoms with Crippen molar-refractivity contribution in [1.29, 1.82) is 0 Å². The molecule has 0 saturated carbocycles. The highest BCUT2D eigenvalue weighted by Crippen LogP contribution is 1.97. The third-order valence-electron chi connectivity index (χ3n) is 1.45. The highest BCUT2D eigenvalue weighted by atomic mass is 16.1. The van der Waals surface area contributed by atoms with Crippen molar-refractivity contribution in [2.75, 3.05) is 0 Å². The Balaban J connectivity index is 4.03. The third-order valence-corrected chi connectivity index (χ3v) is 1.45. The van der Waals surface area contributed by atoms with Crippen LogP contribution in [-0.4, -0.2) is 5.91 Å². The van der Waals surface area contributed by atoms with E-state index in [9.17, 15) is 4.79 Å². The molecule has 0 aliphatic rings. The Morgan fingerprint density at radius 1 is 1.58 bits per heavy atom. The standard InChI is InChI=1S/C8H17N3O/c1-4-7(5-10-9)11-8(12)6(2)3/h5-6,10H,4,9H2,1-3H3,(H,11,12)/b7-5+. The van der Waals surface area contributed by atoms with Gasteiger partial charge >= 0.3 is 0 Å². The first-order valence-corrected chi connectivity index (χ1v) is 4.07. The van der Waals surface area contributed by atoms with Gasteiger partial charge in [-0.3, -0.25) is 10.6 Å². The summed E-state index contributed by atoms with van der Waals surface area (Å²) in [6.45, 7) is 5.64. The van der Waals surface area contributed by atoms with E-state index in [-0.39, 0.29) is 11.8 Å². The van der Waals surface area contributed by atoms with Crippen molar-refractivity contribution >= 4 is 5.91 Å². The van der Waals surface area contributed by atoms with Crippen LogP contribution in [0, 0.1) is 5.92 Å². The number of carbonyl (C=O) groups is 1. The minimum absolute atomic E-state index is 0.00211. The van der Waals surface area contributed by atoms with Crippen LogP contribution in [0.25, 0.3) is 0 Å². The van der Waals surface area contributed by atoms with Crippen LogP contribution in [0.1, 0.15) is 27.2 Å². The van der Waals surface area contributed by atoms with Crippen LogP contribution in [0.3, 0.4) is 0 Å². The lowest BCUT2D eigenvalue weighted by Crippen LogP contribution is -2.28. The quantitative estimate of drug-likeness (QED) is 0.425. The molecule has 0 aromatic carbocycles. The smallest absolute Gasteiger partial charge is 0.226 e. The molecule has 0 saturated heterocycles. The maximum atomic E-state index is 11.2. The van der Waals surface area contributed by atoms with Gasteiger partial charge in [0.05, 0.1) is 0 Å². The Morgan fingerprint density at radius 2 is 2.17 bits per heavy atom. The lowest BCUT2D eigenvalue weighted by Gasteiger charge is -2.09. The van der Waals surface area contributed by atoms with Gasteiger partial charge in [0.1, 0.15) is 0 Å². The molecule has 0 aromatic rings. The molecule has 0 bridgehead atoms. The molecule has 4 heteroatoms. The van der Waals surface area contributed by atoms with Crippen molar-refractivity contribution < 1.29 is 4.79 Å². The molecule has 0 heterocycles. The SMILES string of the molecule is CC/C(=C\NN)NC(=O)C(C)C. The molecule has 0 spiro atoms. The molecule has 0 radical (unpaired) electrons. The number of rotatable bonds is 4. The van der Waals surface area contributed by atoms with Gasteiger partial charge in [-0.2, -0.15) is 0 Å². The number of hydrogen-bond acceptors (Lipinski definition) is 3. The summed E-state index contributed by atoms with van der Waals surface area (Å²) in [5.74, 6) is 5.09. The summed E-state index contributed by atoms with van der Waals surface area (Å²) in [5, 5.41) is 2.75. The summed E-state index contributed by atoms with van der Waals surface area (Å²) < 4.78 is 0. The Morgan fingerprint density at radius 3 is 2.50 bits per heavy atom. The van der Waals surface area contributed by atoms with E-state index in [0.29, 0.717) is 0 Å². The highest BCUT2D eigenvalue weighted by Gasteiger charge is 2.06. The topological polar surface area (TPSA) is 67.2 Å². The Bertz CT molecular complexity index is 175. The van der Waals surface area contributed by atoms with E-state index in [1.807, 2.05) is 20.8 Å². The Kier molecular flexibility index (Phi) is 5.12. The van der Waals surface area contributed by atoms with Gasteiger partial charge < -0.3 is 10.7 Å². The zero-order valence-electron chi connectivity index (χ0n) is 7.85. The van der Waals surface area contributed by atoms with Gasteiger partial charge in [0.25, 0.3) is 0 Å². The predicted molar refractivity (Wildman–Crippen MR) is 48.7 cm³/mol. The minimum atomic E-state index is -0.00211. The summed E-state index contributed by atoms with van der Waals surface area (Å²) in [7, 11) is 0. The Labute approximate surface area is 73.2 Å². The number of hydrogen-bond donors (Lipinski definition) is 3. The van der Waals surface area contributed by atoms with E-state index in [1.165, 1.54) is 0 Å². The van der Waals surface area contributed by atoms with Crippen LogP contribution in [0.5, 0.6) is 0 Å². The summed E-state index contributed by atoms with van der Waals surface area (Å²) >= 11 is 0. The molecule has 0 aromatic heterocycles. The fourth-order valence-electron chi connectivity index (χ4n) is 0.630. The minimum Gasteiger partial charge on any atom is -0.330 e. The number of allylic oxidation sites excluding steroid dienone is 1. The number of carbonyl (C=O) groups excluding carboxylic acids is 1. The summed E-state index contributed by atoms with van der Waals surface area (Å²) in [6, 6.07) is 0. The molecular weight excluding hydrogens is 154 g/mol. The van der Waals surface area contributed by atoms with Crippen LogP contribution in [0.4, 0.5) is 0 Å². The molecule has 1 amide bonds. The van der Waals surface area contributed by atoms with Crippen LogP contribution < -0.4 is 16.6 Å². The van der Waals surface area contributed by atoms with Gasteiger partial charge in [-0.1, -0.05) is 20.8 Å². The van der Waals surface area contributed by atoms with Crippen molar-refractivity contribution in [3.63, 3.8) is 0 Å². The summed E-state index contributed by atoms with van der Waals surface area (Å²) in [5.41, 5.74) is 3.19. The number of hydrazine groups is 1. The first kappa shape index (κ1) is 11.0. The molecule has 12 heavy (non-hydrogen) atoms. The van der Waals surface area contributed by atoms with E-state index in [0.717, 1.165) is 12.1 Å². The molecule has 4 N–H and O–H groups in total. The molecule has 0 aliphatic carbocycles. The molecule has 0 fully saturated rings. The van der Waals surface area contributed by atoms with Crippen molar-refractivity contribution in [2.24, 2.45) is 11.8 Å². The zero-order valence-corrected chi connectivity index (χ0v) is 7.85. The average molecular weight is 171 g/mol. The van der Waals surface area contributed by atoms with E-state index in [4.69, 9.17) is 5.84 Å². The Hall–Kier alpha value is -1.03. The molecule has 70 valence electrons. The fraction of sp³-hybridized carbons (Fsp3) is 0.625. The van der Waals surface area contributed by atoms with E-state index in [2.05, 4.69) is 10.7 Å². The lowest BCUT2D eigenvalue weighted by atomic mass is 10.2. The second-order valence-corrected chi connectivity index (χ2v) is 2.83. The van der Waals surface area contributed by atoms with Gasteiger partial charge in [-0.15, -0.1) is 0 Å². The summed E-state index contributed by atoms with van der Waals surface area (Å²) in [6.07, 6.45) is 2.34. The molecular formula is C8H17N3O. The van der Waals surface area contributed by atoms with Gasteiger partial charge in [0.15, 0.2) is 0 Å². The van der Waals surface area contributed by atoms with Crippen LogP contribution in [0.15, 0.2) is 11.9 Å². The number of nitrogens with two attached hydrogens (primary N) is 1. The summed E-state index contributed by atoms with van der Waals surface area (Å²) in [4.78, 5) is 11.2. The lowest BCUT2D eigenvalue weighted by molar-refractivity contribution is -0.123. The largest absolute Gasteiger partial charge is 0.330 e. The highest BCUT2D eigenvalue weighted by molar-refractivity contribution is 5.79. The van der Waals surface area contributed by atoms with Crippen molar-refractivity contribution in [2.45, 2.75) is 27.2 Å². The zero-order chi connectivity index (χ0) is 9.56. The third kappa shape index (κ3) is 3.98.